The lowest BCUT2D eigenvalue weighted by atomic mass is 10.2. The highest BCUT2D eigenvalue weighted by Gasteiger charge is 2.33. The van der Waals surface area contributed by atoms with Crippen LogP contribution in [0.2, 0.25) is 0 Å². The Hall–Kier alpha value is -0.280. The SMILES string of the molecule is Brc1c(C2CC2)oc2c1CNC2. The summed E-state index contributed by atoms with van der Waals surface area (Å²) in [5.74, 6) is 3.05. The summed E-state index contributed by atoms with van der Waals surface area (Å²) in [5.41, 5.74) is 1.34. The largest absolute Gasteiger partial charge is 0.463 e. The minimum absolute atomic E-state index is 0.713. The van der Waals surface area contributed by atoms with E-state index in [0.717, 1.165) is 18.8 Å². The van der Waals surface area contributed by atoms with Crippen LogP contribution in [0, 0.1) is 0 Å². The summed E-state index contributed by atoms with van der Waals surface area (Å²) in [4.78, 5) is 0. The molecule has 0 atom stereocenters. The Bertz CT molecular complexity index is 328. The summed E-state index contributed by atoms with van der Waals surface area (Å²) in [6.07, 6.45) is 2.61. The fourth-order valence-electron chi connectivity index (χ4n) is 1.74. The monoisotopic (exact) mass is 227 g/mol. The molecule has 1 saturated carbocycles. The maximum absolute atomic E-state index is 5.77. The Morgan fingerprint density at radius 2 is 2.17 bits per heavy atom. The molecule has 1 aliphatic heterocycles. The maximum Gasteiger partial charge on any atom is 0.123 e. The van der Waals surface area contributed by atoms with E-state index in [1.165, 1.54) is 28.6 Å². The fourth-order valence-corrected chi connectivity index (χ4v) is 2.50. The van der Waals surface area contributed by atoms with Gasteiger partial charge in [-0.1, -0.05) is 0 Å². The molecule has 1 aromatic rings. The van der Waals surface area contributed by atoms with Crippen molar-refractivity contribution in [3.63, 3.8) is 0 Å². The van der Waals surface area contributed by atoms with E-state index in [9.17, 15) is 0 Å². The first-order valence-corrected chi connectivity index (χ1v) is 5.16. The van der Waals surface area contributed by atoms with Crippen LogP contribution in [0.25, 0.3) is 0 Å². The number of nitrogens with one attached hydrogen (secondary N) is 1. The van der Waals surface area contributed by atoms with Crippen molar-refractivity contribution in [1.29, 1.82) is 0 Å². The topological polar surface area (TPSA) is 25.2 Å². The normalized spacial score (nSPS) is 21.4. The van der Waals surface area contributed by atoms with Crippen LogP contribution in [-0.4, -0.2) is 0 Å². The molecule has 64 valence electrons. The Morgan fingerprint density at radius 3 is 2.83 bits per heavy atom. The second-order valence-electron chi connectivity index (χ2n) is 3.56. The molecular weight excluding hydrogens is 218 g/mol. The van der Waals surface area contributed by atoms with Gasteiger partial charge in [-0.15, -0.1) is 0 Å². The van der Waals surface area contributed by atoms with Crippen LogP contribution in [0.1, 0.15) is 35.8 Å². The molecule has 3 rings (SSSR count). The van der Waals surface area contributed by atoms with Gasteiger partial charge in [0.05, 0.1) is 11.0 Å². The molecule has 0 aromatic carbocycles. The Kier molecular flexibility index (Phi) is 1.41. The van der Waals surface area contributed by atoms with Crippen LogP contribution >= 0.6 is 15.9 Å². The molecule has 2 nitrogen and oxygen atoms in total. The van der Waals surface area contributed by atoms with Crippen molar-refractivity contribution in [1.82, 2.24) is 5.32 Å². The first-order chi connectivity index (χ1) is 5.86. The molecule has 12 heavy (non-hydrogen) atoms. The van der Waals surface area contributed by atoms with Gasteiger partial charge in [0, 0.05) is 18.0 Å². The highest BCUT2D eigenvalue weighted by molar-refractivity contribution is 9.10. The predicted octanol–water partition coefficient (Wildman–Crippen LogP) is 2.52. The van der Waals surface area contributed by atoms with E-state index in [0.29, 0.717) is 5.92 Å². The van der Waals surface area contributed by atoms with E-state index in [2.05, 4.69) is 21.2 Å². The Morgan fingerprint density at radius 1 is 1.33 bits per heavy atom. The quantitative estimate of drug-likeness (QED) is 0.798. The molecule has 2 aliphatic rings. The van der Waals surface area contributed by atoms with Crippen molar-refractivity contribution in [3.05, 3.63) is 21.6 Å². The molecule has 0 bridgehead atoms. The van der Waals surface area contributed by atoms with Gasteiger partial charge in [-0.2, -0.15) is 0 Å². The lowest BCUT2D eigenvalue weighted by Crippen LogP contribution is -2.01. The average Bonchev–Trinajstić information content (AvgIpc) is 2.71. The van der Waals surface area contributed by atoms with Crippen LogP contribution in [-0.2, 0) is 13.1 Å². The molecule has 0 saturated heterocycles. The van der Waals surface area contributed by atoms with Gasteiger partial charge in [-0.05, 0) is 28.8 Å². The van der Waals surface area contributed by atoms with E-state index in [1.807, 2.05) is 0 Å². The Balaban J connectivity index is 2.10. The van der Waals surface area contributed by atoms with Crippen LogP contribution < -0.4 is 5.32 Å². The van der Waals surface area contributed by atoms with Crippen molar-refractivity contribution < 1.29 is 4.42 Å². The van der Waals surface area contributed by atoms with E-state index >= 15 is 0 Å². The molecule has 2 heterocycles. The standard InChI is InChI=1S/C9H10BrNO/c10-8-6-3-11-4-7(6)12-9(8)5-1-2-5/h5,11H,1-4H2. The van der Waals surface area contributed by atoms with Gasteiger partial charge in [-0.3, -0.25) is 0 Å². The summed E-state index contributed by atoms with van der Waals surface area (Å²) >= 11 is 3.61. The van der Waals surface area contributed by atoms with E-state index in [-0.39, 0.29) is 0 Å². The summed E-state index contributed by atoms with van der Waals surface area (Å²) in [5, 5.41) is 3.27. The summed E-state index contributed by atoms with van der Waals surface area (Å²) in [7, 11) is 0. The summed E-state index contributed by atoms with van der Waals surface area (Å²) < 4.78 is 7.00. The molecule has 1 N–H and O–H groups in total. The third kappa shape index (κ3) is 0.896. The third-order valence-corrected chi connectivity index (χ3v) is 3.46. The number of hydrogen-bond donors (Lipinski definition) is 1. The predicted molar refractivity (Wildman–Crippen MR) is 48.9 cm³/mol. The van der Waals surface area contributed by atoms with Crippen molar-refractivity contribution in [2.24, 2.45) is 0 Å². The maximum atomic E-state index is 5.77. The minimum atomic E-state index is 0.713. The molecule has 3 heteroatoms. The molecular formula is C9H10BrNO. The van der Waals surface area contributed by atoms with Crippen LogP contribution in [0.15, 0.2) is 8.89 Å². The number of furan rings is 1. The van der Waals surface area contributed by atoms with Gasteiger partial charge in [0.25, 0.3) is 0 Å². The van der Waals surface area contributed by atoms with Gasteiger partial charge >= 0.3 is 0 Å². The second-order valence-corrected chi connectivity index (χ2v) is 4.35. The zero-order valence-electron chi connectivity index (χ0n) is 6.69. The van der Waals surface area contributed by atoms with Gasteiger partial charge in [-0.25, -0.2) is 0 Å². The van der Waals surface area contributed by atoms with Crippen LogP contribution in [0.3, 0.4) is 0 Å². The smallest absolute Gasteiger partial charge is 0.123 e. The van der Waals surface area contributed by atoms with Gasteiger partial charge in [0.15, 0.2) is 0 Å². The van der Waals surface area contributed by atoms with Crippen molar-refractivity contribution >= 4 is 15.9 Å². The molecule has 0 radical (unpaired) electrons. The fraction of sp³-hybridized carbons (Fsp3) is 0.556. The number of fused-ring (bicyclic) bond motifs is 1. The van der Waals surface area contributed by atoms with Gasteiger partial charge < -0.3 is 9.73 Å². The average molecular weight is 228 g/mol. The van der Waals surface area contributed by atoms with E-state index in [4.69, 9.17) is 4.42 Å². The number of rotatable bonds is 1. The molecule has 1 aliphatic carbocycles. The molecule has 0 amide bonds. The molecule has 1 aromatic heterocycles. The highest BCUT2D eigenvalue weighted by atomic mass is 79.9. The molecule has 0 unspecified atom stereocenters. The van der Waals surface area contributed by atoms with Gasteiger partial charge in [0.2, 0.25) is 0 Å². The summed E-state index contributed by atoms with van der Waals surface area (Å²) in [6, 6.07) is 0. The van der Waals surface area contributed by atoms with Gasteiger partial charge in [0.1, 0.15) is 11.5 Å². The highest BCUT2D eigenvalue weighted by Crippen LogP contribution is 2.46. The zero-order chi connectivity index (χ0) is 8.13. The third-order valence-electron chi connectivity index (χ3n) is 2.59. The molecule has 1 fully saturated rings. The summed E-state index contributed by atoms with van der Waals surface area (Å²) in [6.45, 7) is 1.87. The lowest BCUT2D eigenvalue weighted by molar-refractivity contribution is 0.461. The number of halogens is 1. The Labute approximate surface area is 79.5 Å². The van der Waals surface area contributed by atoms with Crippen molar-refractivity contribution in [2.45, 2.75) is 31.8 Å². The zero-order valence-corrected chi connectivity index (χ0v) is 8.28. The first kappa shape index (κ1) is 7.15. The molecule has 0 spiro atoms. The minimum Gasteiger partial charge on any atom is -0.463 e. The lowest BCUT2D eigenvalue weighted by Gasteiger charge is -1.94. The van der Waals surface area contributed by atoms with Crippen molar-refractivity contribution in [2.75, 3.05) is 0 Å². The first-order valence-electron chi connectivity index (χ1n) is 4.37. The van der Waals surface area contributed by atoms with Crippen molar-refractivity contribution in [3.8, 4) is 0 Å². The second kappa shape index (κ2) is 2.36. The van der Waals surface area contributed by atoms with E-state index < -0.39 is 0 Å². The van der Waals surface area contributed by atoms with E-state index in [1.54, 1.807) is 0 Å². The number of hydrogen-bond acceptors (Lipinski definition) is 2. The van der Waals surface area contributed by atoms with Crippen LogP contribution in [0.5, 0.6) is 0 Å². The van der Waals surface area contributed by atoms with Crippen LogP contribution in [0.4, 0.5) is 0 Å².